The number of nitrogen functional groups attached to an aromatic ring is 2. The molecule has 20 nitrogen and oxygen atoms in total. The molecule has 0 heterocycles. The third-order valence-electron chi connectivity index (χ3n) is 9.43. The summed E-state index contributed by atoms with van der Waals surface area (Å²) in [6, 6.07) is 13.8. The highest BCUT2D eigenvalue weighted by atomic mass is 16.7. The molecule has 71 heavy (non-hydrogen) atoms. The fourth-order valence-electron chi connectivity index (χ4n) is 6.26. The van der Waals surface area contributed by atoms with Gasteiger partial charge in [-0.15, -0.1) is 0 Å². The molecule has 4 N–H and O–H groups in total. The molecular formula is C51H85N7O13. The van der Waals surface area contributed by atoms with Crippen LogP contribution in [-0.2, 0) is 37.9 Å². The van der Waals surface area contributed by atoms with Gasteiger partial charge in [0.15, 0.2) is 0 Å². The number of carbonyl (C=O) groups is 5. The molecule has 0 saturated carbocycles. The van der Waals surface area contributed by atoms with Gasteiger partial charge < -0.3 is 49.4 Å². The second kappa shape index (κ2) is 27.8. The standard InChI is InChI=1S/C51H85N7O13/c1-47(2,3)67-42(59)57(40-20-16-38(52)17-21-40)30-28-55(33-36-65-45(62)70-50(10,11)12)26-24-54(32-35-64-44(61)69-49(7,8)9)25-27-56(34-37-66-46(63)71-51(13,14)15)29-31-58(43(60)68-48(4,5)6)41-22-18-39(53)19-23-41/h16-23H,24-37,52-53H2,1-15H3. The van der Waals surface area contributed by atoms with Crippen molar-refractivity contribution in [2.45, 2.75) is 132 Å². The fourth-order valence-corrected chi connectivity index (χ4v) is 6.26. The average molecular weight is 1000 g/mol. The number of hydrogen-bond acceptors (Lipinski definition) is 18. The Morgan fingerprint density at radius 1 is 0.352 bits per heavy atom. The Kier molecular flexibility index (Phi) is 24.0. The predicted octanol–water partition coefficient (Wildman–Crippen LogP) is 8.80. The van der Waals surface area contributed by atoms with Crippen LogP contribution in [0.25, 0.3) is 0 Å². The summed E-state index contributed by atoms with van der Waals surface area (Å²) < 4.78 is 44.3. The molecule has 0 aliphatic rings. The summed E-state index contributed by atoms with van der Waals surface area (Å²) in [6.07, 6.45) is -3.54. The molecular weight excluding hydrogens is 919 g/mol. The average Bonchev–Trinajstić information content (AvgIpc) is 3.19. The Morgan fingerprint density at radius 2 is 0.577 bits per heavy atom. The van der Waals surface area contributed by atoms with E-state index in [-0.39, 0.29) is 52.5 Å². The van der Waals surface area contributed by atoms with E-state index in [1.54, 1.807) is 152 Å². The summed E-state index contributed by atoms with van der Waals surface area (Å²) >= 11 is 0. The first kappa shape index (κ1) is 61.4. The van der Waals surface area contributed by atoms with Gasteiger partial charge in [0.2, 0.25) is 0 Å². The molecule has 0 radical (unpaired) electrons. The molecule has 0 unspecified atom stereocenters. The highest BCUT2D eigenvalue weighted by Gasteiger charge is 2.27. The fraction of sp³-hybridized carbons (Fsp3) is 0.667. The van der Waals surface area contributed by atoms with E-state index in [9.17, 15) is 24.0 Å². The molecule has 0 bridgehead atoms. The van der Waals surface area contributed by atoms with E-state index in [1.165, 1.54) is 9.80 Å². The SMILES string of the molecule is CC(C)(C)OC(=O)OCCN(CCN(CCOC(=O)OC(C)(C)C)CCN(C(=O)OC(C)(C)C)c1ccc(N)cc1)CCN(CCOC(=O)OC(C)(C)C)CCN(C(=O)OC(C)(C)C)c1ccc(N)cc1. The normalized spacial score (nSPS) is 12.3. The van der Waals surface area contributed by atoms with Crippen LogP contribution >= 0.6 is 0 Å². The van der Waals surface area contributed by atoms with Gasteiger partial charge in [-0.2, -0.15) is 0 Å². The molecule has 2 amide bonds. The zero-order valence-corrected chi connectivity index (χ0v) is 45.2. The molecule has 2 rings (SSSR count). The van der Waals surface area contributed by atoms with Crippen LogP contribution in [0.2, 0.25) is 0 Å². The quantitative estimate of drug-likeness (QED) is 0.0602. The van der Waals surface area contributed by atoms with Crippen molar-refractivity contribution in [3.8, 4) is 0 Å². The molecule has 402 valence electrons. The Balaban J connectivity index is 2.49. The lowest BCUT2D eigenvalue weighted by atomic mass is 10.2. The van der Waals surface area contributed by atoms with Crippen LogP contribution in [0.4, 0.5) is 46.7 Å². The lowest BCUT2D eigenvalue weighted by Gasteiger charge is -2.33. The maximum absolute atomic E-state index is 13.7. The number of benzene rings is 2. The van der Waals surface area contributed by atoms with Crippen molar-refractivity contribution >= 4 is 53.4 Å². The first-order chi connectivity index (χ1) is 32.7. The zero-order chi connectivity index (χ0) is 53.8. The molecule has 0 fully saturated rings. The highest BCUT2D eigenvalue weighted by Crippen LogP contribution is 2.22. The summed E-state index contributed by atoms with van der Waals surface area (Å²) in [4.78, 5) is 74.4. The molecule has 0 aliphatic heterocycles. The minimum atomic E-state index is -0.812. The summed E-state index contributed by atoms with van der Waals surface area (Å²) in [5, 5.41) is 0. The van der Waals surface area contributed by atoms with Gasteiger partial charge in [-0.3, -0.25) is 24.5 Å². The molecule has 0 aliphatic carbocycles. The first-order valence-corrected chi connectivity index (χ1v) is 24.1. The van der Waals surface area contributed by atoms with Crippen molar-refractivity contribution in [3.63, 3.8) is 0 Å². The second-order valence-corrected chi connectivity index (χ2v) is 21.9. The number of amides is 2. The van der Waals surface area contributed by atoms with Crippen molar-refractivity contribution in [3.05, 3.63) is 48.5 Å². The van der Waals surface area contributed by atoms with Crippen LogP contribution in [0.3, 0.4) is 0 Å². The van der Waals surface area contributed by atoms with Crippen molar-refractivity contribution in [2.24, 2.45) is 0 Å². The van der Waals surface area contributed by atoms with E-state index in [4.69, 9.17) is 49.4 Å². The van der Waals surface area contributed by atoms with Crippen LogP contribution in [0.5, 0.6) is 0 Å². The van der Waals surface area contributed by atoms with E-state index in [0.29, 0.717) is 62.0 Å². The lowest BCUT2D eigenvalue weighted by molar-refractivity contribution is -0.0143. The molecule has 2 aromatic rings. The van der Waals surface area contributed by atoms with Crippen molar-refractivity contribution in [1.29, 1.82) is 0 Å². The third kappa shape index (κ3) is 28.6. The number of ether oxygens (including phenoxy) is 8. The monoisotopic (exact) mass is 1000 g/mol. The smallest absolute Gasteiger partial charge is 0.443 e. The predicted molar refractivity (Wildman–Crippen MR) is 275 cm³/mol. The Bertz CT molecular complexity index is 1830. The van der Waals surface area contributed by atoms with Gasteiger partial charge in [-0.25, -0.2) is 24.0 Å². The van der Waals surface area contributed by atoms with Crippen LogP contribution in [-0.4, -0.2) is 165 Å². The Morgan fingerprint density at radius 3 is 0.803 bits per heavy atom. The van der Waals surface area contributed by atoms with Crippen LogP contribution in [0, 0.1) is 0 Å². The topological polar surface area (TPSA) is 227 Å². The molecule has 0 atom stereocenters. The number of nitrogens with zero attached hydrogens (tertiary/aromatic N) is 5. The van der Waals surface area contributed by atoms with Crippen molar-refractivity contribution in [1.82, 2.24) is 14.7 Å². The summed E-state index contributed by atoms with van der Waals surface area (Å²) in [6.45, 7) is 29.9. The van der Waals surface area contributed by atoms with E-state index >= 15 is 0 Å². The highest BCUT2D eigenvalue weighted by molar-refractivity contribution is 5.89. The first-order valence-electron chi connectivity index (χ1n) is 24.1. The van der Waals surface area contributed by atoms with Crippen LogP contribution in [0.15, 0.2) is 48.5 Å². The molecule has 0 aromatic heterocycles. The Hall–Kier alpha value is -5.73. The minimum Gasteiger partial charge on any atom is -0.443 e. The van der Waals surface area contributed by atoms with Gasteiger partial charge in [-0.05, 0) is 152 Å². The van der Waals surface area contributed by atoms with E-state index in [0.717, 1.165) is 0 Å². The maximum atomic E-state index is 13.7. The molecule has 0 spiro atoms. The van der Waals surface area contributed by atoms with Crippen molar-refractivity contribution < 1.29 is 61.9 Å². The van der Waals surface area contributed by atoms with E-state index in [1.807, 2.05) is 9.80 Å². The molecule has 0 saturated heterocycles. The maximum Gasteiger partial charge on any atom is 0.508 e. The third-order valence-corrected chi connectivity index (χ3v) is 9.43. The Labute approximate surface area is 422 Å². The number of anilines is 4. The second-order valence-electron chi connectivity index (χ2n) is 21.9. The minimum absolute atomic E-state index is 0.00839. The van der Waals surface area contributed by atoms with Crippen molar-refractivity contribution in [2.75, 3.05) is 113 Å². The van der Waals surface area contributed by atoms with Gasteiger partial charge in [0.1, 0.15) is 47.8 Å². The number of nitrogens with two attached hydrogens (primary N) is 2. The summed E-state index contributed by atoms with van der Waals surface area (Å²) in [7, 11) is 0. The van der Waals surface area contributed by atoms with E-state index in [2.05, 4.69) is 4.90 Å². The number of rotatable bonds is 23. The van der Waals surface area contributed by atoms with Gasteiger partial charge in [-0.1, -0.05) is 0 Å². The molecule has 20 heteroatoms. The van der Waals surface area contributed by atoms with Gasteiger partial charge >= 0.3 is 30.7 Å². The largest absolute Gasteiger partial charge is 0.508 e. The van der Waals surface area contributed by atoms with Crippen LogP contribution in [0.1, 0.15) is 104 Å². The zero-order valence-electron chi connectivity index (χ0n) is 45.2. The summed E-state index contributed by atoms with van der Waals surface area (Å²) in [5.74, 6) is 0. The van der Waals surface area contributed by atoms with E-state index < -0.39 is 58.7 Å². The van der Waals surface area contributed by atoms with Crippen LogP contribution < -0.4 is 21.3 Å². The lowest BCUT2D eigenvalue weighted by Crippen LogP contribution is -2.47. The van der Waals surface area contributed by atoms with Gasteiger partial charge in [0.25, 0.3) is 0 Å². The molecule has 2 aromatic carbocycles. The number of carbonyl (C=O) groups excluding carboxylic acids is 5. The van der Waals surface area contributed by atoms with Gasteiger partial charge in [0, 0.05) is 94.7 Å². The van der Waals surface area contributed by atoms with Gasteiger partial charge in [0.05, 0.1) is 0 Å². The summed E-state index contributed by atoms with van der Waals surface area (Å²) in [5.41, 5.74) is 10.4. The number of hydrogen-bond donors (Lipinski definition) is 2.